The van der Waals surface area contributed by atoms with E-state index in [2.05, 4.69) is 4.74 Å². The molecular formula is C16H17F2NO3. The van der Waals surface area contributed by atoms with Crippen LogP contribution < -0.4 is 0 Å². The van der Waals surface area contributed by atoms with Crippen molar-refractivity contribution in [1.82, 2.24) is 4.90 Å². The van der Waals surface area contributed by atoms with E-state index in [9.17, 15) is 18.4 Å². The first-order chi connectivity index (χ1) is 10.4. The van der Waals surface area contributed by atoms with Crippen molar-refractivity contribution in [3.8, 4) is 0 Å². The first kappa shape index (κ1) is 16.1. The molecule has 0 bridgehead atoms. The summed E-state index contributed by atoms with van der Waals surface area (Å²) in [6.45, 7) is 1.55. The van der Waals surface area contributed by atoms with Crippen LogP contribution >= 0.6 is 0 Å². The molecular weight excluding hydrogens is 292 g/mol. The summed E-state index contributed by atoms with van der Waals surface area (Å²) in [7, 11) is 0. The second-order valence-corrected chi connectivity index (χ2v) is 4.96. The number of hydrogen-bond donors (Lipinski definition) is 0. The van der Waals surface area contributed by atoms with Crippen LogP contribution in [0.2, 0.25) is 0 Å². The molecule has 0 N–H and O–H groups in total. The van der Waals surface area contributed by atoms with Gasteiger partial charge in [-0.3, -0.25) is 4.79 Å². The summed E-state index contributed by atoms with van der Waals surface area (Å²) in [4.78, 5) is 24.5. The molecule has 4 nitrogen and oxygen atoms in total. The van der Waals surface area contributed by atoms with Crippen molar-refractivity contribution in [2.24, 2.45) is 0 Å². The molecule has 6 heteroatoms. The number of rotatable bonds is 5. The highest BCUT2D eigenvalue weighted by Gasteiger charge is 2.46. The molecule has 1 aliphatic rings. The van der Waals surface area contributed by atoms with Gasteiger partial charge in [-0.25, -0.2) is 4.79 Å². The Labute approximate surface area is 127 Å². The molecule has 0 aromatic heterocycles. The Bertz CT molecular complexity index is 584. The van der Waals surface area contributed by atoms with E-state index in [1.54, 1.807) is 12.1 Å². The molecule has 0 saturated heterocycles. The fourth-order valence-electron chi connectivity index (χ4n) is 2.21. The smallest absolute Gasteiger partial charge is 0.381 e. The number of esters is 1. The van der Waals surface area contributed by atoms with Crippen molar-refractivity contribution in [3.63, 3.8) is 0 Å². The van der Waals surface area contributed by atoms with E-state index in [1.807, 2.05) is 18.2 Å². The lowest BCUT2D eigenvalue weighted by atomic mass is 10.00. The van der Waals surface area contributed by atoms with Crippen molar-refractivity contribution in [3.05, 3.63) is 47.7 Å². The Morgan fingerprint density at radius 1 is 1.27 bits per heavy atom. The largest absolute Gasteiger partial charge is 0.461 e. The van der Waals surface area contributed by atoms with Crippen LogP contribution in [-0.2, 0) is 20.9 Å². The van der Waals surface area contributed by atoms with Crippen molar-refractivity contribution in [2.75, 3.05) is 6.61 Å². The number of carbonyl (C=O) groups is 2. The zero-order chi connectivity index (χ0) is 16.2. The summed E-state index contributed by atoms with van der Waals surface area (Å²) in [5.41, 5.74) is 0.439. The molecule has 118 valence electrons. The summed E-state index contributed by atoms with van der Waals surface area (Å²) in [5.74, 6) is -5.52. The predicted octanol–water partition coefficient (Wildman–Crippen LogP) is 2.89. The highest BCUT2D eigenvalue weighted by Crippen LogP contribution is 2.32. The van der Waals surface area contributed by atoms with Gasteiger partial charge in [0, 0.05) is 18.2 Å². The molecule has 1 amide bonds. The standard InChI is InChI=1S/C16H17F2NO3/c1-2-22-15(21)16(17,18)13-8-9-14(20)19(11-13)10-12-6-4-3-5-7-12/h3-7,11H,2,8-10H2,1H3. The van der Waals surface area contributed by atoms with Crippen molar-refractivity contribution in [1.29, 1.82) is 0 Å². The molecule has 0 atom stereocenters. The molecule has 22 heavy (non-hydrogen) atoms. The summed E-state index contributed by atoms with van der Waals surface area (Å²) >= 11 is 0. The fourth-order valence-corrected chi connectivity index (χ4v) is 2.21. The van der Waals surface area contributed by atoms with Crippen LogP contribution in [0, 0.1) is 0 Å². The molecule has 1 aliphatic heterocycles. The fraction of sp³-hybridized carbons (Fsp3) is 0.375. The van der Waals surface area contributed by atoms with E-state index in [1.165, 1.54) is 11.8 Å². The Morgan fingerprint density at radius 2 is 1.95 bits per heavy atom. The number of alkyl halides is 2. The lowest BCUT2D eigenvalue weighted by molar-refractivity contribution is -0.166. The highest BCUT2D eigenvalue weighted by atomic mass is 19.3. The van der Waals surface area contributed by atoms with Crippen LogP contribution in [0.1, 0.15) is 25.3 Å². The van der Waals surface area contributed by atoms with Gasteiger partial charge in [-0.2, -0.15) is 8.78 Å². The summed E-state index contributed by atoms with van der Waals surface area (Å²) < 4.78 is 32.5. The molecule has 0 unspecified atom stereocenters. The zero-order valence-corrected chi connectivity index (χ0v) is 12.2. The molecule has 0 spiro atoms. The molecule has 1 heterocycles. The molecule has 0 aliphatic carbocycles. The van der Waals surface area contributed by atoms with Crippen molar-refractivity contribution in [2.45, 2.75) is 32.2 Å². The Hall–Kier alpha value is -2.24. The third kappa shape index (κ3) is 3.50. The van der Waals surface area contributed by atoms with E-state index < -0.39 is 11.9 Å². The normalized spacial score (nSPS) is 15.5. The van der Waals surface area contributed by atoms with Gasteiger partial charge in [-0.1, -0.05) is 30.3 Å². The van der Waals surface area contributed by atoms with Gasteiger partial charge in [0.05, 0.1) is 13.2 Å². The summed E-state index contributed by atoms with van der Waals surface area (Å²) in [6.07, 6.45) is 0.888. The van der Waals surface area contributed by atoms with Gasteiger partial charge in [0.1, 0.15) is 0 Å². The number of ether oxygens (including phenoxy) is 1. The van der Waals surface area contributed by atoms with Gasteiger partial charge in [0.15, 0.2) is 0 Å². The van der Waals surface area contributed by atoms with Gasteiger partial charge < -0.3 is 9.64 Å². The third-order valence-corrected chi connectivity index (χ3v) is 3.37. The van der Waals surface area contributed by atoms with E-state index in [-0.39, 0.29) is 37.5 Å². The zero-order valence-electron chi connectivity index (χ0n) is 12.2. The molecule has 1 aromatic carbocycles. The topological polar surface area (TPSA) is 46.6 Å². The minimum Gasteiger partial charge on any atom is -0.461 e. The average Bonchev–Trinajstić information content (AvgIpc) is 2.50. The quantitative estimate of drug-likeness (QED) is 0.786. The SMILES string of the molecule is CCOC(=O)C(F)(F)C1=CN(Cc2ccccc2)C(=O)CC1. The van der Waals surface area contributed by atoms with Crippen LogP contribution in [0.4, 0.5) is 8.78 Å². The number of benzene rings is 1. The van der Waals surface area contributed by atoms with Crippen LogP contribution in [0.5, 0.6) is 0 Å². The second kappa shape index (κ2) is 6.68. The first-order valence-corrected chi connectivity index (χ1v) is 7.04. The van der Waals surface area contributed by atoms with E-state index in [0.717, 1.165) is 11.8 Å². The summed E-state index contributed by atoms with van der Waals surface area (Å²) in [5, 5.41) is 0. The third-order valence-electron chi connectivity index (χ3n) is 3.37. The van der Waals surface area contributed by atoms with Crippen LogP contribution in [-0.4, -0.2) is 29.3 Å². The molecule has 0 saturated carbocycles. The van der Waals surface area contributed by atoms with Gasteiger partial charge >= 0.3 is 11.9 Å². The summed E-state index contributed by atoms with van der Waals surface area (Å²) in [6, 6.07) is 9.05. The lowest BCUT2D eigenvalue weighted by Crippen LogP contribution is -2.38. The maximum atomic E-state index is 14.0. The van der Waals surface area contributed by atoms with Crippen LogP contribution in [0.15, 0.2) is 42.1 Å². The van der Waals surface area contributed by atoms with Gasteiger partial charge in [-0.05, 0) is 18.9 Å². The number of carbonyl (C=O) groups excluding carboxylic acids is 2. The number of halogens is 2. The molecule has 2 rings (SSSR count). The molecule has 0 radical (unpaired) electrons. The monoisotopic (exact) mass is 309 g/mol. The number of nitrogens with zero attached hydrogens (tertiary/aromatic N) is 1. The van der Waals surface area contributed by atoms with Gasteiger partial charge in [0.2, 0.25) is 5.91 Å². The van der Waals surface area contributed by atoms with E-state index in [4.69, 9.17) is 0 Å². The van der Waals surface area contributed by atoms with Gasteiger partial charge in [-0.15, -0.1) is 0 Å². The highest BCUT2D eigenvalue weighted by molar-refractivity contribution is 5.84. The average molecular weight is 309 g/mol. The first-order valence-electron chi connectivity index (χ1n) is 7.04. The Kier molecular flexibility index (Phi) is 4.90. The lowest BCUT2D eigenvalue weighted by Gasteiger charge is -2.28. The maximum Gasteiger partial charge on any atom is 0.381 e. The van der Waals surface area contributed by atoms with Crippen LogP contribution in [0.25, 0.3) is 0 Å². The molecule has 1 aromatic rings. The van der Waals surface area contributed by atoms with E-state index >= 15 is 0 Å². The van der Waals surface area contributed by atoms with Gasteiger partial charge in [0.25, 0.3) is 0 Å². The minimum absolute atomic E-state index is 0.0480. The number of hydrogen-bond acceptors (Lipinski definition) is 3. The molecule has 0 fully saturated rings. The predicted molar refractivity (Wildman–Crippen MR) is 75.9 cm³/mol. The van der Waals surface area contributed by atoms with Crippen molar-refractivity contribution >= 4 is 11.9 Å². The maximum absolute atomic E-state index is 14.0. The van der Waals surface area contributed by atoms with E-state index in [0.29, 0.717) is 0 Å². The minimum atomic E-state index is -3.70. The Balaban J connectivity index is 2.20. The Morgan fingerprint density at radius 3 is 2.59 bits per heavy atom. The van der Waals surface area contributed by atoms with Crippen LogP contribution in [0.3, 0.4) is 0 Å². The number of amides is 1. The van der Waals surface area contributed by atoms with Crippen molar-refractivity contribution < 1.29 is 23.1 Å². The second-order valence-electron chi connectivity index (χ2n) is 4.96.